The van der Waals surface area contributed by atoms with Crippen LogP contribution in [0.3, 0.4) is 0 Å². The predicted molar refractivity (Wildman–Crippen MR) is 106 cm³/mol. The third-order valence-electron chi connectivity index (χ3n) is 4.32. The first-order valence-corrected chi connectivity index (χ1v) is 9.41. The van der Waals surface area contributed by atoms with Crippen LogP contribution < -0.4 is 4.74 Å². The number of nitrogens with zero attached hydrogens (tertiary/aromatic N) is 2. The van der Waals surface area contributed by atoms with Gasteiger partial charge in [0.15, 0.2) is 11.6 Å². The summed E-state index contributed by atoms with van der Waals surface area (Å²) < 4.78 is 11.9. The van der Waals surface area contributed by atoms with Crippen LogP contribution in [0, 0.1) is 0 Å². The first kappa shape index (κ1) is 17.6. The molecule has 0 saturated carbocycles. The normalized spacial score (nSPS) is 11.2. The maximum absolute atomic E-state index is 6.18. The molecule has 1 aromatic carbocycles. The SMILES string of the molecule is CCCCOc1ccc(Cl)cc1Cc1ccc(-c2nc3cnccc3[nH]2)o1. The van der Waals surface area contributed by atoms with Gasteiger partial charge < -0.3 is 14.1 Å². The third-order valence-corrected chi connectivity index (χ3v) is 4.56. The highest BCUT2D eigenvalue weighted by atomic mass is 35.5. The molecular weight excluding hydrogens is 362 g/mol. The summed E-state index contributed by atoms with van der Waals surface area (Å²) in [5, 5.41) is 0.685. The zero-order valence-corrected chi connectivity index (χ0v) is 15.8. The van der Waals surface area contributed by atoms with Gasteiger partial charge >= 0.3 is 0 Å². The number of benzene rings is 1. The van der Waals surface area contributed by atoms with Crippen LogP contribution >= 0.6 is 11.6 Å². The maximum Gasteiger partial charge on any atom is 0.174 e. The summed E-state index contributed by atoms with van der Waals surface area (Å²) in [5.74, 6) is 3.05. The summed E-state index contributed by atoms with van der Waals surface area (Å²) in [5.41, 5.74) is 2.75. The van der Waals surface area contributed by atoms with Gasteiger partial charge in [0.1, 0.15) is 17.0 Å². The van der Waals surface area contributed by atoms with E-state index in [0.29, 0.717) is 29.6 Å². The summed E-state index contributed by atoms with van der Waals surface area (Å²) in [7, 11) is 0. The van der Waals surface area contributed by atoms with E-state index in [1.807, 2.05) is 36.4 Å². The molecule has 0 unspecified atom stereocenters. The topological polar surface area (TPSA) is 63.9 Å². The van der Waals surface area contributed by atoms with Crippen LogP contribution in [-0.4, -0.2) is 21.6 Å². The van der Waals surface area contributed by atoms with Crippen molar-refractivity contribution in [1.82, 2.24) is 15.0 Å². The zero-order valence-electron chi connectivity index (χ0n) is 15.0. The number of furan rings is 1. The molecule has 0 atom stereocenters. The molecule has 0 aliphatic carbocycles. The van der Waals surface area contributed by atoms with Crippen LogP contribution in [0.15, 0.2) is 53.2 Å². The molecule has 1 N–H and O–H groups in total. The highest BCUT2D eigenvalue weighted by molar-refractivity contribution is 6.30. The second-order valence-corrected chi connectivity index (χ2v) is 6.81. The lowest BCUT2D eigenvalue weighted by Gasteiger charge is -2.11. The Labute approximate surface area is 162 Å². The van der Waals surface area contributed by atoms with Gasteiger partial charge in [-0.3, -0.25) is 4.98 Å². The second kappa shape index (κ2) is 7.84. The van der Waals surface area contributed by atoms with Gasteiger partial charge in [-0.25, -0.2) is 4.98 Å². The van der Waals surface area contributed by atoms with Gasteiger partial charge in [-0.05, 0) is 42.8 Å². The molecule has 6 heteroatoms. The summed E-state index contributed by atoms with van der Waals surface area (Å²) in [6.45, 7) is 2.84. The van der Waals surface area contributed by atoms with Crippen molar-refractivity contribution in [2.45, 2.75) is 26.2 Å². The van der Waals surface area contributed by atoms with Crippen molar-refractivity contribution in [3.8, 4) is 17.3 Å². The van der Waals surface area contributed by atoms with Crippen LogP contribution in [0.4, 0.5) is 0 Å². The average Bonchev–Trinajstić information content (AvgIpc) is 3.30. The molecule has 0 spiro atoms. The van der Waals surface area contributed by atoms with E-state index >= 15 is 0 Å². The number of nitrogens with one attached hydrogen (secondary N) is 1. The zero-order chi connectivity index (χ0) is 18.6. The first-order chi connectivity index (χ1) is 13.2. The fourth-order valence-electron chi connectivity index (χ4n) is 2.91. The molecule has 5 nitrogen and oxygen atoms in total. The molecule has 27 heavy (non-hydrogen) atoms. The molecular formula is C21H20ClN3O2. The first-order valence-electron chi connectivity index (χ1n) is 9.03. The summed E-state index contributed by atoms with van der Waals surface area (Å²) in [6, 6.07) is 11.5. The third kappa shape index (κ3) is 3.98. The van der Waals surface area contributed by atoms with E-state index in [1.165, 1.54) is 0 Å². The average molecular weight is 382 g/mol. The van der Waals surface area contributed by atoms with Crippen molar-refractivity contribution in [2.24, 2.45) is 0 Å². The predicted octanol–water partition coefficient (Wildman–Crippen LogP) is 5.64. The van der Waals surface area contributed by atoms with Gasteiger partial charge in [0.05, 0.1) is 18.3 Å². The number of rotatable bonds is 7. The number of imidazole rings is 1. The van der Waals surface area contributed by atoms with E-state index in [0.717, 1.165) is 40.9 Å². The molecule has 138 valence electrons. The lowest BCUT2D eigenvalue weighted by Crippen LogP contribution is -2.00. The molecule has 0 fully saturated rings. The minimum absolute atomic E-state index is 0.601. The van der Waals surface area contributed by atoms with Crippen molar-refractivity contribution in [3.05, 3.63) is 65.1 Å². The molecule has 0 bridgehead atoms. The van der Waals surface area contributed by atoms with Gasteiger partial charge in [0.25, 0.3) is 0 Å². The smallest absolute Gasteiger partial charge is 0.174 e. The summed E-state index contributed by atoms with van der Waals surface area (Å²) in [4.78, 5) is 11.9. The molecule has 0 saturated heterocycles. The van der Waals surface area contributed by atoms with Crippen LogP contribution in [0.1, 0.15) is 31.1 Å². The molecule has 4 aromatic rings. The lowest BCUT2D eigenvalue weighted by atomic mass is 10.1. The van der Waals surface area contributed by atoms with Crippen molar-refractivity contribution in [1.29, 1.82) is 0 Å². The summed E-state index contributed by atoms with van der Waals surface area (Å²) >= 11 is 6.18. The Hall–Kier alpha value is -2.79. The van der Waals surface area contributed by atoms with Gasteiger partial charge in [0.2, 0.25) is 0 Å². The van der Waals surface area contributed by atoms with Gasteiger partial charge in [-0.1, -0.05) is 24.9 Å². The standard InChI is InChI=1S/C21H20ClN3O2/c1-2-3-10-26-19-6-4-15(22)11-14(19)12-16-5-7-20(27-16)21-24-17-8-9-23-13-18(17)25-21/h4-9,11,13H,2-3,10,12H2,1H3,(H,24,25). The number of hydrogen-bond acceptors (Lipinski definition) is 4. The molecule has 3 heterocycles. The number of pyridine rings is 1. The molecule has 4 rings (SSSR count). The number of aromatic amines is 1. The van der Waals surface area contributed by atoms with Crippen molar-refractivity contribution < 1.29 is 9.15 Å². The highest BCUT2D eigenvalue weighted by Gasteiger charge is 2.12. The number of fused-ring (bicyclic) bond motifs is 1. The lowest BCUT2D eigenvalue weighted by molar-refractivity contribution is 0.306. The molecule has 0 amide bonds. The summed E-state index contributed by atoms with van der Waals surface area (Å²) in [6.07, 6.45) is 6.18. The van der Waals surface area contributed by atoms with E-state index in [4.69, 9.17) is 20.8 Å². The van der Waals surface area contributed by atoms with E-state index in [-0.39, 0.29) is 0 Å². The fraction of sp³-hybridized carbons (Fsp3) is 0.238. The molecule has 3 aromatic heterocycles. The largest absolute Gasteiger partial charge is 0.493 e. The Bertz CT molecular complexity index is 1020. The van der Waals surface area contributed by atoms with E-state index < -0.39 is 0 Å². The fourth-order valence-corrected chi connectivity index (χ4v) is 3.11. The van der Waals surface area contributed by atoms with E-state index in [2.05, 4.69) is 21.9 Å². The van der Waals surface area contributed by atoms with Crippen LogP contribution in [0.2, 0.25) is 5.02 Å². The van der Waals surface area contributed by atoms with Crippen LogP contribution in [-0.2, 0) is 6.42 Å². The quantitative estimate of drug-likeness (QED) is 0.420. The molecule has 0 radical (unpaired) electrons. The number of H-pyrrole nitrogens is 1. The van der Waals surface area contributed by atoms with Crippen LogP contribution in [0.5, 0.6) is 5.75 Å². The van der Waals surface area contributed by atoms with Gasteiger partial charge in [-0.2, -0.15) is 0 Å². The monoisotopic (exact) mass is 381 g/mol. The molecule has 0 aliphatic rings. The number of halogens is 1. The van der Waals surface area contributed by atoms with Crippen molar-refractivity contribution in [2.75, 3.05) is 6.61 Å². The van der Waals surface area contributed by atoms with Crippen molar-refractivity contribution >= 4 is 22.6 Å². The number of hydrogen-bond donors (Lipinski definition) is 1. The van der Waals surface area contributed by atoms with Crippen LogP contribution in [0.25, 0.3) is 22.6 Å². The number of aromatic nitrogens is 3. The Morgan fingerprint density at radius 1 is 1.19 bits per heavy atom. The second-order valence-electron chi connectivity index (χ2n) is 6.38. The molecule has 0 aliphatic heterocycles. The van der Waals surface area contributed by atoms with Gasteiger partial charge in [0, 0.05) is 23.2 Å². The van der Waals surface area contributed by atoms with Gasteiger partial charge in [-0.15, -0.1) is 0 Å². The Balaban J connectivity index is 1.56. The minimum Gasteiger partial charge on any atom is -0.493 e. The number of ether oxygens (including phenoxy) is 1. The highest BCUT2D eigenvalue weighted by Crippen LogP contribution is 2.28. The Morgan fingerprint density at radius 2 is 2.11 bits per heavy atom. The van der Waals surface area contributed by atoms with Crippen molar-refractivity contribution in [3.63, 3.8) is 0 Å². The minimum atomic E-state index is 0.601. The van der Waals surface area contributed by atoms with E-state index in [1.54, 1.807) is 12.4 Å². The number of unbranched alkanes of at least 4 members (excludes halogenated alkanes) is 1. The Morgan fingerprint density at radius 3 is 2.96 bits per heavy atom. The Kier molecular flexibility index (Phi) is 5.12. The maximum atomic E-state index is 6.18. The van der Waals surface area contributed by atoms with E-state index in [9.17, 15) is 0 Å².